The van der Waals surface area contributed by atoms with Crippen molar-refractivity contribution in [1.82, 2.24) is 9.97 Å². The number of carbonyl (C=O) groups is 1. The standard InChI is InChI=1S/C16H16N4O/c1-12-5-4-10-18-14(12)11-16(21)20-15-8-2-6-13(19-15)7-3-9-17/h2,4-6,8,10H,9,11,17H2,1H3,(H,19,20,21). The van der Waals surface area contributed by atoms with Gasteiger partial charge in [-0.05, 0) is 36.6 Å². The van der Waals surface area contributed by atoms with Gasteiger partial charge in [0.2, 0.25) is 5.91 Å². The van der Waals surface area contributed by atoms with Crippen LogP contribution >= 0.6 is 0 Å². The van der Waals surface area contributed by atoms with Gasteiger partial charge in [0.25, 0.3) is 0 Å². The van der Waals surface area contributed by atoms with Crippen LogP contribution in [0.5, 0.6) is 0 Å². The first-order chi connectivity index (χ1) is 10.2. The summed E-state index contributed by atoms with van der Waals surface area (Å²) in [5.41, 5.74) is 7.64. The molecule has 0 saturated carbocycles. The fraction of sp³-hybridized carbons (Fsp3) is 0.188. The van der Waals surface area contributed by atoms with Gasteiger partial charge in [0.1, 0.15) is 11.5 Å². The average Bonchev–Trinajstić information content (AvgIpc) is 2.48. The second kappa shape index (κ2) is 7.17. The zero-order chi connectivity index (χ0) is 15.1. The Morgan fingerprint density at radius 1 is 1.33 bits per heavy atom. The maximum absolute atomic E-state index is 12.0. The maximum Gasteiger partial charge on any atom is 0.231 e. The quantitative estimate of drug-likeness (QED) is 0.830. The lowest BCUT2D eigenvalue weighted by molar-refractivity contribution is -0.115. The summed E-state index contributed by atoms with van der Waals surface area (Å²) >= 11 is 0. The van der Waals surface area contributed by atoms with Crippen LogP contribution in [0.4, 0.5) is 5.82 Å². The molecule has 0 aliphatic rings. The molecule has 5 nitrogen and oxygen atoms in total. The van der Waals surface area contributed by atoms with Gasteiger partial charge < -0.3 is 11.1 Å². The van der Waals surface area contributed by atoms with Crippen LogP contribution < -0.4 is 11.1 Å². The number of aryl methyl sites for hydroxylation is 1. The molecule has 1 amide bonds. The highest BCUT2D eigenvalue weighted by atomic mass is 16.1. The van der Waals surface area contributed by atoms with Crippen molar-refractivity contribution in [3.8, 4) is 11.8 Å². The molecule has 2 aromatic heterocycles. The molecular weight excluding hydrogens is 264 g/mol. The van der Waals surface area contributed by atoms with Gasteiger partial charge in [-0.2, -0.15) is 0 Å². The molecule has 2 aromatic rings. The summed E-state index contributed by atoms with van der Waals surface area (Å²) in [6, 6.07) is 9.04. The number of nitrogens with two attached hydrogens (primary N) is 1. The van der Waals surface area contributed by atoms with Crippen LogP contribution in [0.2, 0.25) is 0 Å². The Kier molecular flexibility index (Phi) is 5.02. The molecule has 5 heteroatoms. The summed E-state index contributed by atoms with van der Waals surface area (Å²) in [5, 5.41) is 2.75. The Morgan fingerprint density at radius 3 is 2.95 bits per heavy atom. The predicted octanol–water partition coefficient (Wildman–Crippen LogP) is 1.28. The summed E-state index contributed by atoms with van der Waals surface area (Å²) in [6.07, 6.45) is 1.89. The largest absolute Gasteiger partial charge is 0.320 e. The maximum atomic E-state index is 12.0. The molecule has 0 atom stereocenters. The van der Waals surface area contributed by atoms with Crippen LogP contribution in [0.15, 0.2) is 36.5 Å². The van der Waals surface area contributed by atoms with Gasteiger partial charge in [0.05, 0.1) is 18.7 Å². The van der Waals surface area contributed by atoms with E-state index in [9.17, 15) is 4.79 Å². The highest BCUT2D eigenvalue weighted by molar-refractivity contribution is 5.91. The average molecular weight is 280 g/mol. The van der Waals surface area contributed by atoms with Crippen molar-refractivity contribution < 1.29 is 4.79 Å². The van der Waals surface area contributed by atoms with E-state index in [2.05, 4.69) is 27.1 Å². The van der Waals surface area contributed by atoms with Crippen molar-refractivity contribution in [1.29, 1.82) is 0 Å². The molecule has 0 bridgehead atoms. The Hall–Kier alpha value is -2.71. The Morgan fingerprint density at radius 2 is 2.19 bits per heavy atom. The minimum atomic E-state index is -0.159. The zero-order valence-electron chi connectivity index (χ0n) is 11.8. The molecule has 0 aliphatic heterocycles. The molecule has 0 unspecified atom stereocenters. The number of aromatic nitrogens is 2. The number of rotatable bonds is 3. The number of nitrogens with one attached hydrogen (secondary N) is 1. The van der Waals surface area contributed by atoms with E-state index >= 15 is 0 Å². The SMILES string of the molecule is Cc1cccnc1CC(=O)Nc1cccc(C#CCN)n1. The first-order valence-electron chi connectivity index (χ1n) is 6.55. The van der Waals surface area contributed by atoms with Gasteiger partial charge in [0, 0.05) is 6.20 Å². The molecular formula is C16H16N4O. The topological polar surface area (TPSA) is 80.9 Å². The molecule has 0 radical (unpaired) electrons. The molecule has 0 fully saturated rings. The number of hydrogen-bond donors (Lipinski definition) is 2. The first kappa shape index (κ1) is 14.7. The fourth-order valence-corrected chi connectivity index (χ4v) is 1.76. The Bertz CT molecular complexity index is 701. The highest BCUT2D eigenvalue weighted by Gasteiger charge is 2.08. The summed E-state index contributed by atoms with van der Waals surface area (Å²) in [6.45, 7) is 2.20. The van der Waals surface area contributed by atoms with E-state index in [4.69, 9.17) is 5.73 Å². The third-order valence-electron chi connectivity index (χ3n) is 2.78. The van der Waals surface area contributed by atoms with Crippen molar-refractivity contribution in [2.75, 3.05) is 11.9 Å². The number of carbonyl (C=O) groups excluding carboxylic acids is 1. The number of anilines is 1. The van der Waals surface area contributed by atoms with E-state index in [-0.39, 0.29) is 18.9 Å². The fourth-order valence-electron chi connectivity index (χ4n) is 1.76. The molecule has 21 heavy (non-hydrogen) atoms. The van der Waals surface area contributed by atoms with Crippen LogP contribution in [0, 0.1) is 18.8 Å². The van der Waals surface area contributed by atoms with Gasteiger partial charge in [-0.1, -0.05) is 18.1 Å². The van der Waals surface area contributed by atoms with Crippen molar-refractivity contribution in [2.45, 2.75) is 13.3 Å². The van der Waals surface area contributed by atoms with E-state index in [1.165, 1.54) is 0 Å². The minimum absolute atomic E-state index is 0.159. The number of amides is 1. The lowest BCUT2D eigenvalue weighted by Crippen LogP contribution is -2.16. The second-order valence-corrected chi connectivity index (χ2v) is 4.41. The normalized spacial score (nSPS) is 9.62. The lowest BCUT2D eigenvalue weighted by atomic mass is 10.1. The Labute approximate surface area is 123 Å². The first-order valence-corrected chi connectivity index (χ1v) is 6.55. The number of nitrogens with zero attached hydrogens (tertiary/aromatic N) is 2. The van der Waals surface area contributed by atoms with E-state index in [1.54, 1.807) is 24.4 Å². The van der Waals surface area contributed by atoms with Crippen molar-refractivity contribution in [3.05, 3.63) is 53.5 Å². The predicted molar refractivity (Wildman–Crippen MR) is 81.5 cm³/mol. The molecule has 3 N–H and O–H groups in total. The molecule has 106 valence electrons. The van der Waals surface area contributed by atoms with Crippen LogP contribution in [-0.2, 0) is 11.2 Å². The van der Waals surface area contributed by atoms with Gasteiger partial charge in [0.15, 0.2) is 0 Å². The molecule has 0 aromatic carbocycles. The molecule has 2 rings (SSSR count). The van der Waals surface area contributed by atoms with Gasteiger partial charge in [-0.15, -0.1) is 0 Å². The highest BCUT2D eigenvalue weighted by Crippen LogP contribution is 2.07. The molecule has 2 heterocycles. The summed E-state index contributed by atoms with van der Waals surface area (Å²) in [5.74, 6) is 5.86. The van der Waals surface area contributed by atoms with Gasteiger partial charge >= 0.3 is 0 Å². The third-order valence-corrected chi connectivity index (χ3v) is 2.78. The zero-order valence-corrected chi connectivity index (χ0v) is 11.8. The number of hydrogen-bond acceptors (Lipinski definition) is 4. The summed E-state index contributed by atoms with van der Waals surface area (Å²) < 4.78 is 0. The lowest BCUT2D eigenvalue weighted by Gasteiger charge is -2.06. The van der Waals surface area contributed by atoms with Crippen molar-refractivity contribution >= 4 is 11.7 Å². The van der Waals surface area contributed by atoms with E-state index < -0.39 is 0 Å². The Balaban J connectivity index is 2.04. The molecule has 0 saturated heterocycles. The van der Waals surface area contributed by atoms with Crippen LogP contribution in [0.3, 0.4) is 0 Å². The van der Waals surface area contributed by atoms with E-state index in [1.807, 2.05) is 19.1 Å². The van der Waals surface area contributed by atoms with Crippen LogP contribution in [0.1, 0.15) is 17.0 Å². The third kappa shape index (κ3) is 4.41. The summed E-state index contributed by atoms with van der Waals surface area (Å²) in [7, 11) is 0. The van der Waals surface area contributed by atoms with Gasteiger partial charge in [-0.3, -0.25) is 9.78 Å². The molecule has 0 spiro atoms. The van der Waals surface area contributed by atoms with E-state index in [0.29, 0.717) is 11.5 Å². The van der Waals surface area contributed by atoms with Crippen molar-refractivity contribution in [3.63, 3.8) is 0 Å². The monoisotopic (exact) mass is 280 g/mol. The number of pyridine rings is 2. The minimum Gasteiger partial charge on any atom is -0.320 e. The summed E-state index contributed by atoms with van der Waals surface area (Å²) in [4.78, 5) is 20.4. The van der Waals surface area contributed by atoms with Crippen LogP contribution in [0.25, 0.3) is 0 Å². The van der Waals surface area contributed by atoms with Gasteiger partial charge in [-0.25, -0.2) is 4.98 Å². The van der Waals surface area contributed by atoms with E-state index in [0.717, 1.165) is 11.3 Å². The smallest absolute Gasteiger partial charge is 0.231 e. The van der Waals surface area contributed by atoms with Crippen molar-refractivity contribution in [2.24, 2.45) is 5.73 Å². The second-order valence-electron chi connectivity index (χ2n) is 4.41. The van der Waals surface area contributed by atoms with Crippen LogP contribution in [-0.4, -0.2) is 22.4 Å². The molecule has 0 aliphatic carbocycles.